The van der Waals surface area contributed by atoms with Crippen LogP contribution in [-0.4, -0.2) is 47.2 Å². The first-order chi connectivity index (χ1) is 11.4. The molecule has 1 aliphatic heterocycles. The number of carbonyl (C=O) groups is 2. The molecule has 2 atom stereocenters. The molecule has 1 saturated heterocycles. The van der Waals surface area contributed by atoms with Gasteiger partial charge in [0.1, 0.15) is 6.04 Å². The monoisotopic (exact) mass is 354 g/mol. The lowest BCUT2D eigenvalue weighted by atomic mass is 10.0. The van der Waals surface area contributed by atoms with Crippen molar-refractivity contribution in [1.82, 2.24) is 10.2 Å². The van der Waals surface area contributed by atoms with E-state index in [0.29, 0.717) is 24.0 Å². The first-order valence-corrected chi connectivity index (χ1v) is 8.36. The van der Waals surface area contributed by atoms with Gasteiger partial charge in [0.25, 0.3) is 5.91 Å². The molecule has 0 aliphatic carbocycles. The van der Waals surface area contributed by atoms with Gasteiger partial charge in [-0.25, -0.2) is 4.79 Å². The minimum atomic E-state index is -0.926. The lowest BCUT2D eigenvalue weighted by Crippen LogP contribution is -2.39. The number of aliphatic hydroxyl groups excluding tert-OH is 1. The van der Waals surface area contributed by atoms with E-state index in [1.807, 2.05) is 26.0 Å². The van der Waals surface area contributed by atoms with Crippen LogP contribution in [-0.2, 0) is 16.1 Å². The Morgan fingerprint density at radius 3 is 2.58 bits per heavy atom. The summed E-state index contributed by atoms with van der Waals surface area (Å²) in [7, 11) is 0. The van der Waals surface area contributed by atoms with Crippen molar-refractivity contribution >= 4 is 23.5 Å². The molecule has 2 unspecified atom stereocenters. The maximum atomic E-state index is 12.2. The molecular weight excluding hydrogens is 332 g/mol. The van der Waals surface area contributed by atoms with Gasteiger partial charge in [0.05, 0.1) is 25.9 Å². The van der Waals surface area contributed by atoms with Crippen LogP contribution in [0.25, 0.3) is 0 Å². The van der Waals surface area contributed by atoms with Gasteiger partial charge >= 0.3 is 6.03 Å². The van der Waals surface area contributed by atoms with Crippen LogP contribution in [0, 0.1) is 5.92 Å². The van der Waals surface area contributed by atoms with Gasteiger partial charge in [-0.2, -0.15) is 0 Å². The van der Waals surface area contributed by atoms with Crippen LogP contribution < -0.4 is 5.32 Å². The molecule has 7 heteroatoms. The van der Waals surface area contributed by atoms with Crippen LogP contribution in [0.3, 0.4) is 0 Å². The Morgan fingerprint density at radius 1 is 1.29 bits per heavy atom. The Bertz CT molecular complexity index is 576. The number of nitrogens with one attached hydrogen (secondary N) is 1. The summed E-state index contributed by atoms with van der Waals surface area (Å²) in [5.41, 5.74) is 0.929. The summed E-state index contributed by atoms with van der Waals surface area (Å²) in [6, 6.07) is 6.24. The first kappa shape index (κ1) is 18.7. The summed E-state index contributed by atoms with van der Waals surface area (Å²) >= 11 is 5.81. The van der Waals surface area contributed by atoms with Crippen molar-refractivity contribution in [2.75, 3.05) is 13.2 Å². The predicted octanol–water partition coefficient (Wildman–Crippen LogP) is 2.18. The number of carbonyl (C=O) groups excluding carboxylic acids is 2. The molecule has 1 fully saturated rings. The highest BCUT2D eigenvalue weighted by Gasteiger charge is 2.38. The molecule has 1 aliphatic rings. The smallest absolute Gasteiger partial charge is 0.324 e. The summed E-state index contributed by atoms with van der Waals surface area (Å²) in [6.45, 7) is 4.27. The summed E-state index contributed by atoms with van der Waals surface area (Å²) in [6.07, 6.45) is -0.339. The molecule has 3 amide bonds. The van der Waals surface area contributed by atoms with Crippen LogP contribution in [0.2, 0.25) is 5.02 Å². The number of aliphatic hydroxyl groups is 1. The highest BCUT2D eigenvalue weighted by Crippen LogP contribution is 2.15. The van der Waals surface area contributed by atoms with E-state index in [2.05, 4.69) is 5.32 Å². The Morgan fingerprint density at radius 2 is 1.96 bits per heavy atom. The molecule has 6 nitrogen and oxygen atoms in total. The van der Waals surface area contributed by atoms with Crippen molar-refractivity contribution in [3.8, 4) is 0 Å². The number of benzene rings is 1. The van der Waals surface area contributed by atoms with Gasteiger partial charge < -0.3 is 15.2 Å². The zero-order chi connectivity index (χ0) is 17.7. The van der Waals surface area contributed by atoms with Crippen molar-refractivity contribution in [3.63, 3.8) is 0 Å². The van der Waals surface area contributed by atoms with Gasteiger partial charge in [-0.15, -0.1) is 0 Å². The van der Waals surface area contributed by atoms with Crippen molar-refractivity contribution < 1.29 is 19.4 Å². The van der Waals surface area contributed by atoms with Gasteiger partial charge in [0, 0.05) is 5.02 Å². The van der Waals surface area contributed by atoms with Gasteiger partial charge in [-0.3, -0.25) is 9.69 Å². The largest absolute Gasteiger partial charge is 0.389 e. The fraction of sp³-hybridized carbons (Fsp3) is 0.529. The minimum Gasteiger partial charge on any atom is -0.389 e. The number of nitrogens with zero attached hydrogens (tertiary/aromatic N) is 1. The lowest BCUT2D eigenvalue weighted by Gasteiger charge is -2.18. The molecule has 0 spiro atoms. The van der Waals surface area contributed by atoms with Crippen LogP contribution in [0.5, 0.6) is 0 Å². The highest BCUT2D eigenvalue weighted by atomic mass is 35.5. The van der Waals surface area contributed by atoms with Crippen LogP contribution in [0.15, 0.2) is 24.3 Å². The van der Waals surface area contributed by atoms with Crippen molar-refractivity contribution in [2.45, 2.75) is 39.0 Å². The molecule has 2 rings (SSSR count). The average molecular weight is 355 g/mol. The first-order valence-electron chi connectivity index (χ1n) is 7.99. The normalized spacial score (nSPS) is 19.0. The summed E-state index contributed by atoms with van der Waals surface area (Å²) < 4.78 is 5.43. The van der Waals surface area contributed by atoms with Gasteiger partial charge in [-0.05, 0) is 30.0 Å². The molecular formula is C17H23ClN2O4. The van der Waals surface area contributed by atoms with E-state index >= 15 is 0 Å². The number of halogens is 1. The van der Waals surface area contributed by atoms with E-state index in [-0.39, 0.29) is 19.1 Å². The van der Waals surface area contributed by atoms with Gasteiger partial charge in [0.2, 0.25) is 0 Å². The molecule has 1 heterocycles. The second kappa shape index (κ2) is 8.46. The van der Waals surface area contributed by atoms with Gasteiger partial charge in [-0.1, -0.05) is 37.6 Å². The number of hydrogen-bond donors (Lipinski definition) is 2. The van der Waals surface area contributed by atoms with Gasteiger partial charge in [0.15, 0.2) is 0 Å². The second-order valence-corrected chi connectivity index (χ2v) is 6.81. The lowest BCUT2D eigenvalue weighted by molar-refractivity contribution is -0.129. The summed E-state index contributed by atoms with van der Waals surface area (Å²) in [5.74, 6) is 0.0114. The topological polar surface area (TPSA) is 78.9 Å². The SMILES string of the molecule is CC(C)CC1NC(=O)N(CC(O)COCc2ccc(Cl)cc2)C1=O. The Labute approximate surface area is 146 Å². The standard InChI is InChI=1S/C17H23ClN2O4/c1-11(2)7-15-16(22)20(17(23)19-15)8-14(21)10-24-9-12-3-5-13(18)6-4-12/h3-6,11,14-15,21H,7-10H2,1-2H3,(H,19,23). The van der Waals surface area contributed by atoms with E-state index in [1.165, 1.54) is 0 Å². The van der Waals surface area contributed by atoms with E-state index in [4.69, 9.17) is 16.3 Å². The fourth-order valence-corrected chi connectivity index (χ4v) is 2.66. The molecule has 0 aromatic heterocycles. The van der Waals surface area contributed by atoms with E-state index in [0.717, 1.165) is 10.5 Å². The molecule has 1 aromatic rings. The Kier molecular flexibility index (Phi) is 6.60. The zero-order valence-electron chi connectivity index (χ0n) is 13.9. The van der Waals surface area contributed by atoms with Crippen molar-refractivity contribution in [1.29, 1.82) is 0 Å². The van der Waals surface area contributed by atoms with E-state index in [1.54, 1.807) is 12.1 Å². The Hall–Kier alpha value is -1.63. The molecule has 132 valence electrons. The number of β-amino-alcohol motifs (C(OH)–C–C–N with tert-alkyl or cyclic N) is 1. The average Bonchev–Trinajstić information content (AvgIpc) is 2.76. The zero-order valence-corrected chi connectivity index (χ0v) is 14.6. The number of rotatable bonds is 8. The maximum absolute atomic E-state index is 12.2. The minimum absolute atomic E-state index is 0.0362. The molecule has 24 heavy (non-hydrogen) atoms. The molecule has 1 aromatic carbocycles. The second-order valence-electron chi connectivity index (χ2n) is 6.38. The van der Waals surface area contributed by atoms with E-state index in [9.17, 15) is 14.7 Å². The number of urea groups is 1. The molecule has 0 saturated carbocycles. The number of ether oxygens (including phenoxy) is 1. The van der Waals surface area contributed by atoms with Crippen LogP contribution in [0.1, 0.15) is 25.8 Å². The summed E-state index contributed by atoms with van der Waals surface area (Å²) in [4.78, 5) is 25.1. The number of hydrogen-bond acceptors (Lipinski definition) is 4. The number of imide groups is 1. The summed E-state index contributed by atoms with van der Waals surface area (Å²) in [5, 5.41) is 13.3. The van der Waals surface area contributed by atoms with Crippen LogP contribution >= 0.6 is 11.6 Å². The Balaban J connectivity index is 1.77. The number of amides is 3. The maximum Gasteiger partial charge on any atom is 0.324 e. The third kappa shape index (κ3) is 5.19. The van der Waals surface area contributed by atoms with Crippen LogP contribution in [0.4, 0.5) is 4.79 Å². The third-order valence-corrected chi connectivity index (χ3v) is 3.95. The predicted molar refractivity (Wildman–Crippen MR) is 90.6 cm³/mol. The molecule has 2 N–H and O–H groups in total. The third-order valence-electron chi connectivity index (χ3n) is 3.70. The fourth-order valence-electron chi connectivity index (χ4n) is 2.54. The molecule has 0 radical (unpaired) electrons. The molecule has 0 bridgehead atoms. The van der Waals surface area contributed by atoms with Crippen molar-refractivity contribution in [2.24, 2.45) is 5.92 Å². The highest BCUT2D eigenvalue weighted by molar-refractivity contribution is 6.30. The van der Waals surface area contributed by atoms with Crippen molar-refractivity contribution in [3.05, 3.63) is 34.9 Å². The van der Waals surface area contributed by atoms with E-state index < -0.39 is 18.2 Å². The quantitative estimate of drug-likeness (QED) is 0.701.